The van der Waals surface area contributed by atoms with Crippen molar-refractivity contribution in [3.8, 4) is 5.69 Å². The van der Waals surface area contributed by atoms with Gasteiger partial charge >= 0.3 is 5.97 Å². The summed E-state index contributed by atoms with van der Waals surface area (Å²) in [6.07, 6.45) is 3.31. The van der Waals surface area contributed by atoms with E-state index in [2.05, 4.69) is 83.6 Å². The van der Waals surface area contributed by atoms with Gasteiger partial charge in [0.1, 0.15) is 0 Å². The second kappa shape index (κ2) is 8.13. The Hall–Kier alpha value is -3.33. The number of nitrogens with zero attached hydrogens (tertiary/aromatic N) is 1. The number of hydrogen-bond acceptors (Lipinski definition) is 2. The molecule has 0 aliphatic heterocycles. The predicted molar refractivity (Wildman–Crippen MR) is 113 cm³/mol. The van der Waals surface area contributed by atoms with Crippen LogP contribution < -0.4 is 0 Å². The molecule has 0 bridgehead atoms. The van der Waals surface area contributed by atoms with E-state index in [9.17, 15) is 4.79 Å². The summed E-state index contributed by atoms with van der Waals surface area (Å²) in [5.41, 5.74) is 4.74. The van der Waals surface area contributed by atoms with Crippen LogP contribution in [0.25, 0.3) is 16.6 Å². The molecule has 4 aromatic rings. The number of carbonyl (C=O) groups excluding carboxylic acids is 1. The zero-order valence-corrected chi connectivity index (χ0v) is 15.9. The molecule has 3 heteroatoms. The first-order valence-electron chi connectivity index (χ1n) is 9.55. The maximum Gasteiger partial charge on any atom is 0.305 e. The normalized spacial score (nSPS) is 12.0. The van der Waals surface area contributed by atoms with Crippen LogP contribution in [0.3, 0.4) is 0 Å². The van der Waals surface area contributed by atoms with Gasteiger partial charge in [-0.2, -0.15) is 0 Å². The SMILES string of the molecule is COC(=O)CCC(c1ccccc1)c1cn(-c2ccccc2)c2ccccc12. The zero-order valence-electron chi connectivity index (χ0n) is 15.9. The molecule has 140 valence electrons. The average molecular weight is 369 g/mol. The Bertz CT molecular complexity index is 1070. The van der Waals surface area contributed by atoms with Gasteiger partial charge in [0.25, 0.3) is 0 Å². The highest BCUT2D eigenvalue weighted by Crippen LogP contribution is 2.36. The van der Waals surface area contributed by atoms with Gasteiger partial charge in [0, 0.05) is 29.6 Å². The molecule has 3 aromatic carbocycles. The van der Waals surface area contributed by atoms with Crippen LogP contribution in [0.5, 0.6) is 0 Å². The quantitative estimate of drug-likeness (QED) is 0.407. The lowest BCUT2D eigenvalue weighted by Gasteiger charge is -2.17. The van der Waals surface area contributed by atoms with Crippen molar-refractivity contribution in [3.63, 3.8) is 0 Å². The van der Waals surface area contributed by atoms with Gasteiger partial charge in [0.05, 0.1) is 12.6 Å². The molecule has 0 saturated carbocycles. The third-order valence-corrected chi connectivity index (χ3v) is 5.22. The predicted octanol–water partition coefficient (Wildman–Crippen LogP) is 5.72. The van der Waals surface area contributed by atoms with Crippen molar-refractivity contribution in [1.82, 2.24) is 4.57 Å². The Kier molecular flexibility index (Phi) is 5.24. The summed E-state index contributed by atoms with van der Waals surface area (Å²) in [5, 5.41) is 1.21. The minimum absolute atomic E-state index is 0.121. The van der Waals surface area contributed by atoms with E-state index in [0.29, 0.717) is 12.8 Å². The second-order valence-corrected chi connectivity index (χ2v) is 6.89. The van der Waals surface area contributed by atoms with Gasteiger partial charge in [-0.05, 0) is 35.7 Å². The van der Waals surface area contributed by atoms with Crippen molar-refractivity contribution >= 4 is 16.9 Å². The average Bonchev–Trinajstić information content (AvgIpc) is 3.15. The van der Waals surface area contributed by atoms with E-state index < -0.39 is 0 Å². The van der Waals surface area contributed by atoms with Crippen molar-refractivity contribution in [2.45, 2.75) is 18.8 Å². The lowest BCUT2D eigenvalue weighted by Crippen LogP contribution is -2.06. The molecule has 0 N–H and O–H groups in total. The van der Waals surface area contributed by atoms with Crippen molar-refractivity contribution in [3.05, 3.63) is 102 Å². The molecular weight excluding hydrogens is 346 g/mol. The largest absolute Gasteiger partial charge is 0.469 e. The number of esters is 1. The Morgan fingerprint density at radius 1 is 0.893 bits per heavy atom. The summed E-state index contributed by atoms with van der Waals surface area (Å²) in [7, 11) is 1.45. The monoisotopic (exact) mass is 369 g/mol. The molecule has 0 amide bonds. The number of ether oxygens (including phenoxy) is 1. The first-order chi connectivity index (χ1) is 13.8. The molecule has 1 aromatic heterocycles. The lowest BCUT2D eigenvalue weighted by molar-refractivity contribution is -0.140. The van der Waals surface area contributed by atoms with Crippen molar-refractivity contribution in [2.24, 2.45) is 0 Å². The summed E-state index contributed by atoms with van der Waals surface area (Å²) in [5.74, 6) is -0.0529. The number of para-hydroxylation sites is 2. The van der Waals surface area contributed by atoms with E-state index >= 15 is 0 Å². The van der Waals surface area contributed by atoms with Crippen molar-refractivity contribution in [2.75, 3.05) is 7.11 Å². The summed E-state index contributed by atoms with van der Waals surface area (Å²) in [4.78, 5) is 11.8. The van der Waals surface area contributed by atoms with Gasteiger partial charge in [0.2, 0.25) is 0 Å². The molecule has 0 saturated heterocycles. The van der Waals surface area contributed by atoms with Gasteiger partial charge in [-0.3, -0.25) is 4.79 Å². The highest BCUT2D eigenvalue weighted by atomic mass is 16.5. The highest BCUT2D eigenvalue weighted by molar-refractivity contribution is 5.86. The van der Waals surface area contributed by atoms with E-state index in [-0.39, 0.29) is 11.9 Å². The van der Waals surface area contributed by atoms with Crippen LogP contribution in [-0.4, -0.2) is 17.6 Å². The van der Waals surface area contributed by atoms with E-state index in [1.807, 2.05) is 12.1 Å². The van der Waals surface area contributed by atoms with Crippen LogP contribution in [0.4, 0.5) is 0 Å². The first-order valence-corrected chi connectivity index (χ1v) is 9.55. The Labute approximate surface area is 165 Å². The Morgan fingerprint density at radius 2 is 1.54 bits per heavy atom. The van der Waals surface area contributed by atoms with Crippen LogP contribution in [0.2, 0.25) is 0 Å². The molecule has 0 aliphatic carbocycles. The number of carbonyl (C=O) groups is 1. The number of benzene rings is 3. The standard InChI is InChI=1S/C25H23NO2/c1-28-25(27)17-16-21(19-10-4-2-5-11-19)23-18-26(20-12-6-3-7-13-20)24-15-9-8-14-22(23)24/h2-15,18,21H,16-17H2,1H3. The fourth-order valence-electron chi connectivity index (χ4n) is 3.84. The molecule has 0 radical (unpaired) electrons. The third kappa shape index (κ3) is 3.56. The number of hydrogen-bond donors (Lipinski definition) is 0. The molecule has 1 unspecified atom stereocenters. The van der Waals surface area contributed by atoms with Gasteiger partial charge in [-0.1, -0.05) is 66.7 Å². The summed E-state index contributed by atoms with van der Waals surface area (Å²) < 4.78 is 7.13. The Balaban J connectivity index is 1.85. The van der Waals surface area contributed by atoms with Crippen molar-refractivity contribution in [1.29, 1.82) is 0 Å². The summed E-state index contributed by atoms with van der Waals surface area (Å²) in [6, 6.07) is 29.2. The third-order valence-electron chi connectivity index (χ3n) is 5.22. The molecular formula is C25H23NO2. The van der Waals surface area contributed by atoms with E-state index in [4.69, 9.17) is 4.74 Å². The van der Waals surface area contributed by atoms with Crippen LogP contribution in [0.15, 0.2) is 91.1 Å². The fourth-order valence-corrected chi connectivity index (χ4v) is 3.84. The Morgan fingerprint density at radius 3 is 2.25 bits per heavy atom. The minimum Gasteiger partial charge on any atom is -0.469 e. The van der Waals surface area contributed by atoms with Crippen LogP contribution >= 0.6 is 0 Å². The molecule has 0 spiro atoms. The molecule has 1 heterocycles. The molecule has 0 fully saturated rings. The zero-order chi connectivity index (χ0) is 19.3. The maximum atomic E-state index is 11.8. The topological polar surface area (TPSA) is 31.2 Å². The first kappa shape index (κ1) is 18.1. The number of rotatable bonds is 6. The summed E-state index contributed by atoms with van der Waals surface area (Å²) in [6.45, 7) is 0. The molecule has 28 heavy (non-hydrogen) atoms. The second-order valence-electron chi connectivity index (χ2n) is 6.89. The van der Waals surface area contributed by atoms with Gasteiger partial charge in [-0.15, -0.1) is 0 Å². The van der Waals surface area contributed by atoms with Gasteiger partial charge in [0.15, 0.2) is 0 Å². The smallest absolute Gasteiger partial charge is 0.305 e. The van der Waals surface area contributed by atoms with Crippen LogP contribution in [-0.2, 0) is 9.53 Å². The molecule has 1 atom stereocenters. The van der Waals surface area contributed by atoms with E-state index in [1.165, 1.54) is 29.1 Å². The van der Waals surface area contributed by atoms with Gasteiger partial charge in [-0.25, -0.2) is 0 Å². The van der Waals surface area contributed by atoms with Gasteiger partial charge < -0.3 is 9.30 Å². The summed E-state index contributed by atoms with van der Waals surface area (Å²) >= 11 is 0. The van der Waals surface area contributed by atoms with Crippen molar-refractivity contribution < 1.29 is 9.53 Å². The minimum atomic E-state index is -0.173. The number of fused-ring (bicyclic) bond motifs is 1. The maximum absolute atomic E-state index is 11.8. The fraction of sp³-hybridized carbons (Fsp3) is 0.160. The van der Waals surface area contributed by atoms with Crippen LogP contribution in [0, 0.1) is 0 Å². The number of aromatic nitrogens is 1. The van der Waals surface area contributed by atoms with E-state index in [1.54, 1.807) is 0 Å². The molecule has 4 rings (SSSR count). The highest BCUT2D eigenvalue weighted by Gasteiger charge is 2.21. The van der Waals surface area contributed by atoms with Crippen LogP contribution in [0.1, 0.15) is 29.9 Å². The lowest BCUT2D eigenvalue weighted by atomic mass is 9.87. The molecule has 3 nitrogen and oxygen atoms in total. The molecule has 0 aliphatic rings. The number of methoxy groups -OCH3 is 1. The van der Waals surface area contributed by atoms with E-state index in [0.717, 1.165) is 5.69 Å².